The molecule has 0 bridgehead atoms. The highest BCUT2D eigenvalue weighted by atomic mass is 79.9. The third kappa shape index (κ3) is 3.23. The molecule has 0 N–H and O–H groups in total. The summed E-state index contributed by atoms with van der Waals surface area (Å²) in [6, 6.07) is 14.5. The molecule has 18 heavy (non-hydrogen) atoms. The van der Waals surface area contributed by atoms with E-state index >= 15 is 0 Å². The van der Waals surface area contributed by atoms with E-state index in [0.29, 0.717) is 0 Å². The fourth-order valence-corrected chi connectivity index (χ4v) is 2.21. The van der Waals surface area contributed by atoms with Gasteiger partial charge in [0.15, 0.2) is 0 Å². The van der Waals surface area contributed by atoms with Gasteiger partial charge in [-0.15, -0.1) is 0 Å². The predicted molar refractivity (Wildman–Crippen MR) is 80.8 cm³/mol. The summed E-state index contributed by atoms with van der Waals surface area (Å²) in [6.45, 7) is 2.09. The number of hydrogen-bond donors (Lipinski definition) is 0. The van der Waals surface area contributed by atoms with Crippen molar-refractivity contribution >= 4 is 28.1 Å². The summed E-state index contributed by atoms with van der Waals surface area (Å²) in [5, 5.41) is 0. The number of hydrogen-bond acceptors (Lipinski definition) is 1. The van der Waals surface area contributed by atoms with Crippen LogP contribution in [0.25, 0.3) is 12.2 Å². The van der Waals surface area contributed by atoms with Crippen molar-refractivity contribution < 1.29 is 4.74 Å². The van der Waals surface area contributed by atoms with E-state index < -0.39 is 0 Å². The standard InChI is InChI=1S/C16H15BrO/c1-12-3-5-13(6-4-12)7-8-14-9-10-16(18-2)15(17)11-14/h3-11H,1-2H3/b8-7+. The molecule has 0 heterocycles. The Kier molecular flexibility index (Phi) is 4.21. The molecule has 0 spiro atoms. The van der Waals surface area contributed by atoms with Crippen molar-refractivity contribution in [1.29, 1.82) is 0 Å². The molecule has 0 aliphatic carbocycles. The summed E-state index contributed by atoms with van der Waals surface area (Å²) in [7, 11) is 1.67. The van der Waals surface area contributed by atoms with Crippen LogP contribution in [0.15, 0.2) is 46.9 Å². The van der Waals surface area contributed by atoms with E-state index in [9.17, 15) is 0 Å². The van der Waals surface area contributed by atoms with Crippen molar-refractivity contribution in [2.45, 2.75) is 6.92 Å². The number of benzene rings is 2. The Morgan fingerprint density at radius 1 is 0.944 bits per heavy atom. The third-order valence-corrected chi connectivity index (χ3v) is 3.34. The van der Waals surface area contributed by atoms with E-state index in [2.05, 4.69) is 59.3 Å². The summed E-state index contributed by atoms with van der Waals surface area (Å²) in [6.07, 6.45) is 4.20. The van der Waals surface area contributed by atoms with Crippen LogP contribution in [0.3, 0.4) is 0 Å². The Morgan fingerprint density at radius 3 is 2.17 bits per heavy atom. The number of methoxy groups -OCH3 is 1. The second-order valence-corrected chi connectivity index (χ2v) is 4.99. The van der Waals surface area contributed by atoms with E-state index in [-0.39, 0.29) is 0 Å². The Balaban J connectivity index is 2.18. The molecule has 0 aliphatic rings. The highest BCUT2D eigenvalue weighted by molar-refractivity contribution is 9.10. The van der Waals surface area contributed by atoms with Gasteiger partial charge in [0.25, 0.3) is 0 Å². The van der Waals surface area contributed by atoms with Crippen molar-refractivity contribution in [3.05, 3.63) is 63.6 Å². The Morgan fingerprint density at radius 2 is 1.56 bits per heavy atom. The van der Waals surface area contributed by atoms with Gasteiger partial charge in [0.05, 0.1) is 11.6 Å². The molecule has 0 aromatic heterocycles. The van der Waals surface area contributed by atoms with Crippen LogP contribution in [0.4, 0.5) is 0 Å². The smallest absolute Gasteiger partial charge is 0.133 e. The first-order valence-electron chi connectivity index (χ1n) is 5.77. The monoisotopic (exact) mass is 302 g/mol. The van der Waals surface area contributed by atoms with E-state index in [1.54, 1.807) is 7.11 Å². The average Bonchev–Trinajstić information content (AvgIpc) is 2.38. The molecule has 0 saturated heterocycles. The van der Waals surface area contributed by atoms with Gasteiger partial charge in [-0.1, -0.05) is 48.0 Å². The molecule has 0 unspecified atom stereocenters. The van der Waals surface area contributed by atoms with Crippen LogP contribution >= 0.6 is 15.9 Å². The molecule has 0 atom stereocenters. The van der Waals surface area contributed by atoms with Crippen LogP contribution in [0.2, 0.25) is 0 Å². The number of aryl methyl sites for hydroxylation is 1. The first-order chi connectivity index (χ1) is 8.69. The molecule has 0 saturated carbocycles. The van der Waals surface area contributed by atoms with Gasteiger partial charge < -0.3 is 4.74 Å². The van der Waals surface area contributed by atoms with Crippen LogP contribution in [-0.2, 0) is 0 Å². The molecule has 0 aliphatic heterocycles. The summed E-state index contributed by atoms with van der Waals surface area (Å²) in [4.78, 5) is 0. The van der Waals surface area contributed by atoms with Crippen molar-refractivity contribution in [3.63, 3.8) is 0 Å². The largest absolute Gasteiger partial charge is 0.496 e. The minimum absolute atomic E-state index is 0.850. The molecule has 0 fully saturated rings. The van der Waals surface area contributed by atoms with E-state index in [4.69, 9.17) is 4.74 Å². The zero-order chi connectivity index (χ0) is 13.0. The van der Waals surface area contributed by atoms with Crippen molar-refractivity contribution in [3.8, 4) is 5.75 Å². The fraction of sp³-hybridized carbons (Fsp3) is 0.125. The van der Waals surface area contributed by atoms with Crippen molar-refractivity contribution in [2.24, 2.45) is 0 Å². The molecular formula is C16H15BrO. The van der Waals surface area contributed by atoms with E-state index in [0.717, 1.165) is 15.8 Å². The Labute approximate surface area is 116 Å². The van der Waals surface area contributed by atoms with Crippen LogP contribution in [0.1, 0.15) is 16.7 Å². The molecule has 2 aromatic carbocycles. The van der Waals surface area contributed by atoms with E-state index in [1.165, 1.54) is 11.1 Å². The minimum atomic E-state index is 0.850. The predicted octanol–water partition coefficient (Wildman–Crippen LogP) is 4.94. The average molecular weight is 303 g/mol. The Hall–Kier alpha value is -1.54. The molecule has 92 valence electrons. The zero-order valence-electron chi connectivity index (χ0n) is 10.5. The van der Waals surface area contributed by atoms with Gasteiger partial charge in [-0.2, -0.15) is 0 Å². The first-order valence-corrected chi connectivity index (χ1v) is 6.56. The lowest BCUT2D eigenvalue weighted by atomic mass is 10.1. The molecule has 0 amide bonds. The van der Waals surface area contributed by atoms with Gasteiger partial charge in [0.1, 0.15) is 5.75 Å². The molecule has 2 heteroatoms. The normalized spacial score (nSPS) is 10.8. The minimum Gasteiger partial charge on any atom is -0.496 e. The van der Waals surface area contributed by atoms with Gasteiger partial charge in [-0.3, -0.25) is 0 Å². The molecule has 2 aromatic rings. The second kappa shape index (κ2) is 5.87. The van der Waals surface area contributed by atoms with Crippen LogP contribution in [0, 0.1) is 6.92 Å². The molecule has 1 nitrogen and oxygen atoms in total. The molecule has 0 radical (unpaired) electrons. The summed E-state index contributed by atoms with van der Waals surface area (Å²) < 4.78 is 6.17. The van der Waals surface area contributed by atoms with Crippen LogP contribution in [-0.4, -0.2) is 7.11 Å². The quantitative estimate of drug-likeness (QED) is 0.730. The topological polar surface area (TPSA) is 9.23 Å². The summed E-state index contributed by atoms with van der Waals surface area (Å²) in [5.74, 6) is 0.850. The summed E-state index contributed by atoms with van der Waals surface area (Å²) in [5.41, 5.74) is 3.62. The highest BCUT2D eigenvalue weighted by Gasteiger charge is 1.98. The van der Waals surface area contributed by atoms with Gasteiger partial charge >= 0.3 is 0 Å². The fourth-order valence-electron chi connectivity index (χ4n) is 1.66. The number of halogens is 1. The highest BCUT2D eigenvalue weighted by Crippen LogP contribution is 2.26. The Bertz CT molecular complexity index is 556. The molecule has 2 rings (SSSR count). The second-order valence-electron chi connectivity index (χ2n) is 4.14. The van der Waals surface area contributed by atoms with Crippen LogP contribution < -0.4 is 4.74 Å². The number of ether oxygens (including phenoxy) is 1. The van der Waals surface area contributed by atoms with Gasteiger partial charge in [-0.05, 0) is 46.1 Å². The first kappa shape index (κ1) is 12.9. The van der Waals surface area contributed by atoms with Crippen LogP contribution in [0.5, 0.6) is 5.75 Å². The number of rotatable bonds is 3. The zero-order valence-corrected chi connectivity index (χ0v) is 12.1. The van der Waals surface area contributed by atoms with Gasteiger partial charge in [0.2, 0.25) is 0 Å². The van der Waals surface area contributed by atoms with E-state index in [1.807, 2.05) is 18.2 Å². The van der Waals surface area contributed by atoms with Gasteiger partial charge in [-0.25, -0.2) is 0 Å². The lowest BCUT2D eigenvalue weighted by molar-refractivity contribution is 0.412. The SMILES string of the molecule is COc1ccc(/C=C/c2ccc(C)cc2)cc1Br. The maximum atomic E-state index is 5.20. The van der Waals surface area contributed by atoms with Crippen molar-refractivity contribution in [2.75, 3.05) is 7.11 Å². The van der Waals surface area contributed by atoms with Gasteiger partial charge in [0, 0.05) is 0 Å². The van der Waals surface area contributed by atoms with Crippen molar-refractivity contribution in [1.82, 2.24) is 0 Å². The lowest BCUT2D eigenvalue weighted by Gasteiger charge is -2.03. The third-order valence-electron chi connectivity index (χ3n) is 2.72. The maximum absolute atomic E-state index is 5.20. The maximum Gasteiger partial charge on any atom is 0.133 e. The molecular weight excluding hydrogens is 288 g/mol. The lowest BCUT2D eigenvalue weighted by Crippen LogP contribution is -1.84. The summed E-state index contributed by atoms with van der Waals surface area (Å²) >= 11 is 3.48.